The molecule has 26 heavy (non-hydrogen) atoms. The molecule has 1 heterocycles. The quantitative estimate of drug-likeness (QED) is 0.665. The number of H-pyrrole nitrogens is 1. The third-order valence-corrected chi connectivity index (χ3v) is 5.29. The monoisotopic (exact) mass is 374 g/mol. The lowest BCUT2D eigenvalue weighted by Crippen LogP contribution is -2.27. The number of hydrogen-bond donors (Lipinski definition) is 2. The van der Waals surface area contributed by atoms with Gasteiger partial charge in [-0.05, 0) is 24.6 Å². The fourth-order valence-corrected chi connectivity index (χ4v) is 3.69. The second-order valence-electron chi connectivity index (χ2n) is 5.94. The van der Waals surface area contributed by atoms with Crippen molar-refractivity contribution >= 4 is 10.0 Å². The molecule has 1 aromatic heterocycles. The van der Waals surface area contributed by atoms with E-state index in [1.54, 1.807) is 0 Å². The van der Waals surface area contributed by atoms with Crippen molar-refractivity contribution in [3.63, 3.8) is 0 Å². The number of sulfonamides is 1. The normalized spacial score (nSPS) is 11.6. The molecule has 2 N–H and O–H groups in total. The van der Waals surface area contributed by atoms with Crippen molar-refractivity contribution in [2.24, 2.45) is 0 Å². The molecule has 0 bridgehead atoms. The van der Waals surface area contributed by atoms with Crippen LogP contribution in [0.2, 0.25) is 0 Å². The summed E-state index contributed by atoms with van der Waals surface area (Å²) in [6.45, 7) is 2.11. The Kier molecular flexibility index (Phi) is 5.43. The van der Waals surface area contributed by atoms with Crippen LogP contribution in [-0.4, -0.2) is 30.1 Å². The first kappa shape index (κ1) is 18.2. The molecule has 6 nitrogen and oxygen atoms in total. The van der Waals surface area contributed by atoms with Crippen LogP contribution in [0, 0.1) is 12.7 Å². The molecule has 0 spiro atoms. The zero-order valence-electron chi connectivity index (χ0n) is 14.2. The van der Waals surface area contributed by atoms with E-state index in [4.69, 9.17) is 0 Å². The van der Waals surface area contributed by atoms with Gasteiger partial charge < -0.3 is 0 Å². The first-order valence-electron chi connectivity index (χ1n) is 8.14. The highest BCUT2D eigenvalue weighted by atomic mass is 32.2. The van der Waals surface area contributed by atoms with E-state index in [9.17, 15) is 12.8 Å². The Hall–Kier alpha value is -2.58. The van der Waals surface area contributed by atoms with Gasteiger partial charge in [0.1, 0.15) is 16.5 Å². The first-order valence-corrected chi connectivity index (χ1v) is 9.62. The van der Waals surface area contributed by atoms with Gasteiger partial charge in [0.15, 0.2) is 5.82 Å². The van der Waals surface area contributed by atoms with Crippen LogP contribution in [-0.2, 0) is 22.9 Å². The molecule has 0 aliphatic heterocycles. The van der Waals surface area contributed by atoms with Crippen LogP contribution < -0.4 is 4.72 Å². The average molecular weight is 374 g/mol. The van der Waals surface area contributed by atoms with E-state index in [1.807, 2.05) is 25.1 Å². The zero-order chi connectivity index (χ0) is 18.6. The lowest BCUT2D eigenvalue weighted by atomic mass is 10.1. The predicted octanol–water partition coefficient (Wildman–Crippen LogP) is 2.36. The van der Waals surface area contributed by atoms with Crippen molar-refractivity contribution in [1.29, 1.82) is 0 Å². The largest absolute Gasteiger partial charge is 0.263 e. The molecular weight excluding hydrogens is 355 g/mol. The summed E-state index contributed by atoms with van der Waals surface area (Å²) in [5, 5.41) is 6.96. The van der Waals surface area contributed by atoms with Crippen molar-refractivity contribution in [1.82, 2.24) is 19.9 Å². The number of nitrogens with one attached hydrogen (secondary N) is 2. The van der Waals surface area contributed by atoms with Crippen LogP contribution in [0.3, 0.4) is 0 Å². The topological polar surface area (TPSA) is 87.7 Å². The number of aromatic nitrogens is 3. The number of rotatable bonds is 7. The minimum atomic E-state index is -3.90. The molecule has 3 aromatic rings. The van der Waals surface area contributed by atoms with Crippen molar-refractivity contribution in [2.75, 3.05) is 6.54 Å². The first-order chi connectivity index (χ1) is 12.4. The van der Waals surface area contributed by atoms with Gasteiger partial charge in [-0.2, -0.15) is 5.10 Å². The predicted molar refractivity (Wildman–Crippen MR) is 95.7 cm³/mol. The molecule has 0 fully saturated rings. The summed E-state index contributed by atoms with van der Waals surface area (Å²) >= 11 is 0. The second-order valence-corrected chi connectivity index (χ2v) is 7.68. The molecule has 8 heteroatoms. The minimum absolute atomic E-state index is 0.0818. The molecule has 136 valence electrons. The lowest BCUT2D eigenvalue weighted by molar-refractivity contribution is 0.556. The number of nitrogens with zero attached hydrogens (tertiary/aromatic N) is 2. The third kappa shape index (κ3) is 4.53. The van der Waals surface area contributed by atoms with E-state index in [-0.39, 0.29) is 11.4 Å². The van der Waals surface area contributed by atoms with E-state index < -0.39 is 15.8 Å². The maximum absolute atomic E-state index is 13.6. The average Bonchev–Trinajstić information content (AvgIpc) is 3.02. The van der Waals surface area contributed by atoms with Crippen molar-refractivity contribution < 1.29 is 12.8 Å². The van der Waals surface area contributed by atoms with Crippen LogP contribution in [0.4, 0.5) is 4.39 Å². The van der Waals surface area contributed by atoms with E-state index >= 15 is 0 Å². The molecule has 0 saturated heterocycles. The highest BCUT2D eigenvalue weighted by Crippen LogP contribution is 2.13. The summed E-state index contributed by atoms with van der Waals surface area (Å²) in [6.07, 6.45) is 0.924. The van der Waals surface area contributed by atoms with Gasteiger partial charge in [-0.25, -0.2) is 22.5 Å². The third-order valence-electron chi connectivity index (χ3n) is 3.80. The molecule has 2 aromatic carbocycles. The number of benzene rings is 2. The highest BCUT2D eigenvalue weighted by molar-refractivity contribution is 7.89. The van der Waals surface area contributed by atoms with E-state index in [2.05, 4.69) is 26.0 Å². The molecule has 3 rings (SSSR count). The Labute approximate surface area is 151 Å². The smallest absolute Gasteiger partial charge is 0.243 e. The van der Waals surface area contributed by atoms with Gasteiger partial charge >= 0.3 is 0 Å². The Morgan fingerprint density at radius 2 is 1.96 bits per heavy atom. The van der Waals surface area contributed by atoms with Gasteiger partial charge in [-0.15, -0.1) is 0 Å². The fourth-order valence-electron chi connectivity index (χ4n) is 2.58. The number of aromatic amines is 1. The molecule has 0 unspecified atom stereocenters. The van der Waals surface area contributed by atoms with Gasteiger partial charge in [-0.1, -0.05) is 42.0 Å². The summed E-state index contributed by atoms with van der Waals surface area (Å²) in [7, 11) is -3.90. The maximum atomic E-state index is 13.6. The molecule has 0 radical (unpaired) electrons. The van der Waals surface area contributed by atoms with Crippen molar-refractivity contribution in [3.8, 4) is 0 Å². The van der Waals surface area contributed by atoms with Gasteiger partial charge in [0, 0.05) is 19.4 Å². The molecule has 0 saturated carbocycles. The molecule has 0 amide bonds. The molecular formula is C18H19FN4O2S. The van der Waals surface area contributed by atoms with E-state index in [1.165, 1.54) is 23.8 Å². The Bertz CT molecular complexity index is 1000. The summed E-state index contributed by atoms with van der Waals surface area (Å²) in [5.41, 5.74) is 2.29. The Morgan fingerprint density at radius 3 is 2.73 bits per heavy atom. The number of hydrogen-bond acceptors (Lipinski definition) is 4. The highest BCUT2D eigenvalue weighted by Gasteiger charge is 2.18. The standard InChI is InChI=1S/C18H19FN4O2S/c1-13-5-4-6-14(11-13)12-18-21-17(22-23-18)9-10-20-26(24,25)16-8-3-2-7-15(16)19/h2-8,11,20H,9-10,12H2,1H3,(H,21,22,23). The minimum Gasteiger partial charge on any atom is -0.263 e. The zero-order valence-corrected chi connectivity index (χ0v) is 15.1. The summed E-state index contributed by atoms with van der Waals surface area (Å²) < 4.78 is 40.2. The van der Waals surface area contributed by atoms with Gasteiger partial charge in [0.25, 0.3) is 0 Å². The second kappa shape index (κ2) is 7.76. The number of aryl methyl sites for hydroxylation is 1. The van der Waals surface area contributed by atoms with Crippen LogP contribution in [0.1, 0.15) is 22.8 Å². The fraction of sp³-hybridized carbons (Fsp3) is 0.222. The van der Waals surface area contributed by atoms with Crippen LogP contribution >= 0.6 is 0 Å². The van der Waals surface area contributed by atoms with Crippen molar-refractivity contribution in [3.05, 3.63) is 77.1 Å². The van der Waals surface area contributed by atoms with E-state index in [0.717, 1.165) is 11.6 Å². The molecule has 0 atom stereocenters. The Balaban J connectivity index is 1.58. The van der Waals surface area contributed by atoms with Gasteiger partial charge in [0.05, 0.1) is 0 Å². The molecule has 0 aliphatic carbocycles. The van der Waals surface area contributed by atoms with Gasteiger partial charge in [0.2, 0.25) is 10.0 Å². The van der Waals surface area contributed by atoms with Crippen LogP contribution in [0.15, 0.2) is 53.4 Å². The molecule has 0 aliphatic rings. The summed E-state index contributed by atoms with van der Waals surface area (Å²) in [5.74, 6) is 0.435. The van der Waals surface area contributed by atoms with E-state index in [0.29, 0.717) is 24.5 Å². The maximum Gasteiger partial charge on any atom is 0.243 e. The number of halogens is 1. The summed E-state index contributed by atoms with van der Waals surface area (Å²) in [6, 6.07) is 13.4. The van der Waals surface area contributed by atoms with Gasteiger partial charge in [-0.3, -0.25) is 5.10 Å². The Morgan fingerprint density at radius 1 is 1.15 bits per heavy atom. The lowest BCUT2D eigenvalue weighted by Gasteiger charge is -2.06. The van der Waals surface area contributed by atoms with Crippen molar-refractivity contribution in [2.45, 2.75) is 24.7 Å². The van der Waals surface area contributed by atoms with Crippen LogP contribution in [0.25, 0.3) is 0 Å². The SMILES string of the molecule is Cc1cccc(Cc2nc(CCNS(=O)(=O)c3ccccc3F)n[nH]2)c1. The summed E-state index contributed by atoms with van der Waals surface area (Å²) in [4.78, 5) is 4.00. The van der Waals surface area contributed by atoms with Crippen LogP contribution in [0.5, 0.6) is 0 Å².